The molecule has 0 bridgehead atoms. The van der Waals surface area contributed by atoms with Gasteiger partial charge >= 0.3 is 6.18 Å². The number of alkyl halides is 3. The highest BCUT2D eigenvalue weighted by Gasteiger charge is 2.32. The zero-order valence-corrected chi connectivity index (χ0v) is 14.8. The second kappa shape index (κ2) is 7.35. The predicted octanol–water partition coefficient (Wildman–Crippen LogP) is 3.48. The molecule has 0 aliphatic carbocycles. The van der Waals surface area contributed by atoms with Crippen molar-refractivity contribution in [2.45, 2.75) is 11.1 Å². The van der Waals surface area contributed by atoms with Crippen molar-refractivity contribution in [3.63, 3.8) is 0 Å². The lowest BCUT2D eigenvalue weighted by Crippen LogP contribution is -2.36. The first-order valence-corrected chi connectivity index (χ1v) is 9.48. The lowest BCUT2D eigenvalue weighted by molar-refractivity contribution is -0.137. The Morgan fingerprint density at radius 2 is 1.70 bits per heavy atom. The summed E-state index contributed by atoms with van der Waals surface area (Å²) in [6, 6.07) is 7.44. The van der Waals surface area contributed by atoms with Gasteiger partial charge in [0.05, 0.1) is 30.2 Å². The minimum atomic E-state index is -4.65. The fraction of sp³-hybridized carbons (Fsp3) is 0.294. The molecule has 0 saturated carbocycles. The Morgan fingerprint density at radius 1 is 1.04 bits per heavy atom. The zero-order valence-electron chi connectivity index (χ0n) is 14.0. The SMILES string of the molecule is O=S(=O)(Nc1cc(C(F)(F)F)ccc1N1CCOCC1)c1ccccc1F. The smallest absolute Gasteiger partial charge is 0.378 e. The van der Waals surface area contributed by atoms with E-state index in [2.05, 4.69) is 4.72 Å². The molecule has 5 nitrogen and oxygen atoms in total. The van der Waals surface area contributed by atoms with E-state index in [9.17, 15) is 26.0 Å². The van der Waals surface area contributed by atoms with Crippen LogP contribution in [0.4, 0.5) is 28.9 Å². The normalized spacial score (nSPS) is 15.6. The second-order valence-electron chi connectivity index (χ2n) is 5.87. The molecule has 146 valence electrons. The Bertz CT molecular complexity index is 926. The average Bonchev–Trinajstić information content (AvgIpc) is 2.61. The van der Waals surface area contributed by atoms with Gasteiger partial charge in [0.1, 0.15) is 10.7 Å². The summed E-state index contributed by atoms with van der Waals surface area (Å²) in [5.74, 6) is -0.995. The van der Waals surface area contributed by atoms with Crippen LogP contribution in [-0.4, -0.2) is 34.7 Å². The third-order valence-corrected chi connectivity index (χ3v) is 5.44. The van der Waals surface area contributed by atoms with E-state index in [0.29, 0.717) is 32.4 Å². The molecule has 0 amide bonds. The van der Waals surface area contributed by atoms with E-state index in [0.717, 1.165) is 18.2 Å². The summed E-state index contributed by atoms with van der Waals surface area (Å²) >= 11 is 0. The van der Waals surface area contributed by atoms with Crippen LogP contribution in [-0.2, 0) is 20.9 Å². The number of hydrogen-bond acceptors (Lipinski definition) is 4. The van der Waals surface area contributed by atoms with Gasteiger partial charge in [0.2, 0.25) is 0 Å². The Morgan fingerprint density at radius 3 is 2.33 bits per heavy atom. The van der Waals surface area contributed by atoms with Crippen LogP contribution in [0.2, 0.25) is 0 Å². The van der Waals surface area contributed by atoms with Gasteiger partial charge in [-0.15, -0.1) is 0 Å². The topological polar surface area (TPSA) is 58.6 Å². The van der Waals surface area contributed by atoms with Crippen molar-refractivity contribution in [2.75, 3.05) is 35.9 Å². The molecule has 10 heteroatoms. The lowest BCUT2D eigenvalue weighted by Gasteiger charge is -2.31. The number of morpholine rings is 1. The molecule has 0 unspecified atom stereocenters. The molecule has 1 aliphatic rings. The third kappa shape index (κ3) is 4.33. The molecule has 0 aromatic heterocycles. The van der Waals surface area contributed by atoms with Crippen molar-refractivity contribution in [1.29, 1.82) is 0 Å². The molecule has 3 rings (SSSR count). The maximum Gasteiger partial charge on any atom is 0.416 e. The minimum Gasteiger partial charge on any atom is -0.378 e. The van der Waals surface area contributed by atoms with Crippen LogP contribution < -0.4 is 9.62 Å². The molecule has 1 fully saturated rings. The van der Waals surface area contributed by atoms with E-state index in [1.54, 1.807) is 4.90 Å². The Balaban J connectivity index is 2.04. The van der Waals surface area contributed by atoms with Crippen molar-refractivity contribution < 1.29 is 30.7 Å². The standard InChI is InChI=1S/C17H16F4N2O3S/c18-13-3-1-2-4-16(13)27(24,25)22-14-11-12(17(19,20)21)5-6-15(14)23-7-9-26-10-8-23/h1-6,11,22H,7-10H2. The summed E-state index contributed by atoms with van der Waals surface area (Å²) in [7, 11) is -4.42. The molecule has 1 saturated heterocycles. The third-order valence-electron chi connectivity index (χ3n) is 4.05. The zero-order chi connectivity index (χ0) is 19.7. The molecule has 1 heterocycles. The van der Waals surface area contributed by atoms with Gasteiger partial charge in [-0.05, 0) is 30.3 Å². The number of sulfonamides is 1. The molecule has 2 aromatic carbocycles. The van der Waals surface area contributed by atoms with Crippen LogP contribution in [0.3, 0.4) is 0 Å². The van der Waals surface area contributed by atoms with E-state index >= 15 is 0 Å². The molecule has 27 heavy (non-hydrogen) atoms. The van der Waals surface area contributed by atoms with Crippen LogP contribution in [0, 0.1) is 5.82 Å². The Kier molecular flexibility index (Phi) is 5.29. The molecule has 0 radical (unpaired) electrons. The van der Waals surface area contributed by atoms with Gasteiger partial charge < -0.3 is 9.64 Å². The first-order valence-electron chi connectivity index (χ1n) is 8.00. The van der Waals surface area contributed by atoms with Crippen molar-refractivity contribution >= 4 is 21.4 Å². The van der Waals surface area contributed by atoms with Gasteiger partial charge in [-0.3, -0.25) is 4.72 Å². The summed E-state index contributed by atoms with van der Waals surface area (Å²) in [6.45, 7) is 1.50. The highest BCUT2D eigenvalue weighted by molar-refractivity contribution is 7.92. The number of halogens is 4. The summed E-state index contributed by atoms with van der Waals surface area (Å²) in [4.78, 5) is 1.07. The maximum absolute atomic E-state index is 13.9. The van der Waals surface area contributed by atoms with Gasteiger partial charge in [0, 0.05) is 13.1 Å². The van der Waals surface area contributed by atoms with Crippen molar-refractivity contribution in [1.82, 2.24) is 0 Å². The fourth-order valence-electron chi connectivity index (χ4n) is 2.74. The van der Waals surface area contributed by atoms with Gasteiger partial charge in [-0.2, -0.15) is 13.2 Å². The van der Waals surface area contributed by atoms with Crippen LogP contribution in [0.25, 0.3) is 0 Å². The second-order valence-corrected chi connectivity index (χ2v) is 7.52. The quantitative estimate of drug-likeness (QED) is 0.793. The predicted molar refractivity (Wildman–Crippen MR) is 91.7 cm³/mol. The molecule has 0 spiro atoms. The van der Waals surface area contributed by atoms with Gasteiger partial charge in [0.15, 0.2) is 0 Å². The molecule has 1 N–H and O–H groups in total. The first kappa shape index (κ1) is 19.4. The largest absolute Gasteiger partial charge is 0.416 e. The monoisotopic (exact) mass is 404 g/mol. The highest BCUT2D eigenvalue weighted by atomic mass is 32.2. The summed E-state index contributed by atoms with van der Waals surface area (Å²) in [5, 5.41) is 0. The Hall–Kier alpha value is -2.33. The van der Waals surface area contributed by atoms with E-state index in [4.69, 9.17) is 4.74 Å². The Labute approximate surface area is 153 Å². The molecular weight excluding hydrogens is 388 g/mol. The van der Waals surface area contributed by atoms with Gasteiger partial charge in [-0.25, -0.2) is 12.8 Å². The minimum absolute atomic E-state index is 0.269. The van der Waals surface area contributed by atoms with Crippen LogP contribution in [0.1, 0.15) is 5.56 Å². The van der Waals surface area contributed by atoms with E-state index in [-0.39, 0.29) is 11.4 Å². The van der Waals surface area contributed by atoms with Crippen LogP contribution in [0.15, 0.2) is 47.4 Å². The number of ether oxygens (including phenoxy) is 1. The summed E-state index contributed by atoms with van der Waals surface area (Å²) < 4.78 is 85.6. The highest BCUT2D eigenvalue weighted by Crippen LogP contribution is 2.36. The lowest BCUT2D eigenvalue weighted by atomic mass is 10.1. The summed E-state index contributed by atoms with van der Waals surface area (Å²) in [5.41, 5.74) is -1.01. The number of nitrogens with one attached hydrogen (secondary N) is 1. The van der Waals surface area contributed by atoms with Crippen LogP contribution in [0.5, 0.6) is 0 Å². The van der Waals surface area contributed by atoms with Crippen molar-refractivity contribution in [3.05, 3.63) is 53.8 Å². The van der Waals surface area contributed by atoms with Crippen LogP contribution >= 0.6 is 0 Å². The number of nitrogens with zero attached hydrogens (tertiary/aromatic N) is 1. The average molecular weight is 404 g/mol. The van der Waals surface area contributed by atoms with E-state index in [1.807, 2.05) is 0 Å². The summed E-state index contributed by atoms with van der Waals surface area (Å²) in [6.07, 6.45) is -4.65. The number of hydrogen-bond donors (Lipinski definition) is 1. The first-order chi connectivity index (χ1) is 12.7. The molecule has 0 atom stereocenters. The molecule has 1 aliphatic heterocycles. The molecule has 2 aromatic rings. The van der Waals surface area contributed by atoms with Crippen molar-refractivity contribution in [3.8, 4) is 0 Å². The van der Waals surface area contributed by atoms with Crippen molar-refractivity contribution in [2.24, 2.45) is 0 Å². The van der Waals surface area contributed by atoms with Gasteiger partial charge in [0.25, 0.3) is 10.0 Å². The van der Waals surface area contributed by atoms with E-state index in [1.165, 1.54) is 18.2 Å². The number of benzene rings is 2. The maximum atomic E-state index is 13.9. The number of anilines is 2. The van der Waals surface area contributed by atoms with E-state index < -0.39 is 32.5 Å². The number of rotatable bonds is 4. The molecular formula is C17H16F4N2O3S. The fourth-order valence-corrected chi connectivity index (χ4v) is 3.88. The van der Waals surface area contributed by atoms with Gasteiger partial charge in [-0.1, -0.05) is 12.1 Å².